The van der Waals surface area contributed by atoms with Crippen LogP contribution in [-0.4, -0.2) is 41.5 Å². The van der Waals surface area contributed by atoms with E-state index in [0.29, 0.717) is 19.4 Å². The van der Waals surface area contributed by atoms with Gasteiger partial charge in [-0.05, 0) is 33.6 Å². The molecule has 1 atom stereocenters. The predicted octanol–water partition coefficient (Wildman–Crippen LogP) is 1.14. The zero-order valence-corrected chi connectivity index (χ0v) is 10.4. The van der Waals surface area contributed by atoms with Crippen LogP contribution in [0.4, 0.5) is 4.79 Å². The number of rotatable bonds is 3. The van der Waals surface area contributed by atoms with E-state index in [0.717, 1.165) is 0 Å². The van der Waals surface area contributed by atoms with Crippen LogP contribution in [0.25, 0.3) is 0 Å². The first-order valence-corrected chi connectivity index (χ1v) is 5.59. The molecule has 1 fully saturated rings. The summed E-state index contributed by atoms with van der Waals surface area (Å²) in [5.41, 5.74) is -1.89. The van der Waals surface area contributed by atoms with Crippen LogP contribution in [0.2, 0.25) is 0 Å². The van der Waals surface area contributed by atoms with Crippen molar-refractivity contribution in [1.82, 2.24) is 5.32 Å². The van der Waals surface area contributed by atoms with Crippen LogP contribution in [-0.2, 0) is 14.3 Å². The lowest BCUT2D eigenvalue weighted by Gasteiger charge is -2.25. The molecule has 17 heavy (non-hydrogen) atoms. The Morgan fingerprint density at radius 1 is 1.47 bits per heavy atom. The highest BCUT2D eigenvalue weighted by Gasteiger charge is 2.43. The molecule has 6 nitrogen and oxygen atoms in total. The van der Waals surface area contributed by atoms with Crippen molar-refractivity contribution in [2.24, 2.45) is 0 Å². The van der Waals surface area contributed by atoms with E-state index in [-0.39, 0.29) is 6.54 Å². The second kappa shape index (κ2) is 4.91. The molecule has 0 aromatic heterocycles. The van der Waals surface area contributed by atoms with Crippen LogP contribution in [0.3, 0.4) is 0 Å². The molecule has 0 radical (unpaired) electrons. The summed E-state index contributed by atoms with van der Waals surface area (Å²) >= 11 is 0. The summed E-state index contributed by atoms with van der Waals surface area (Å²) in [4.78, 5) is 22.5. The minimum atomic E-state index is -1.29. The first-order chi connectivity index (χ1) is 7.75. The van der Waals surface area contributed by atoms with Crippen molar-refractivity contribution in [2.75, 3.05) is 13.2 Å². The van der Waals surface area contributed by atoms with Crippen molar-refractivity contribution in [3.8, 4) is 0 Å². The number of ether oxygens (including phenoxy) is 2. The summed E-state index contributed by atoms with van der Waals surface area (Å²) in [6, 6.07) is 0. The fourth-order valence-corrected chi connectivity index (χ4v) is 1.61. The number of carbonyl (C=O) groups is 2. The number of hydrogen-bond acceptors (Lipinski definition) is 4. The van der Waals surface area contributed by atoms with Gasteiger partial charge in [0.25, 0.3) is 0 Å². The summed E-state index contributed by atoms with van der Waals surface area (Å²) in [7, 11) is 0. The number of carboxylic acid groups (broad SMARTS) is 1. The van der Waals surface area contributed by atoms with Gasteiger partial charge >= 0.3 is 12.1 Å². The molecule has 0 aromatic rings. The highest BCUT2D eigenvalue weighted by Crippen LogP contribution is 2.25. The van der Waals surface area contributed by atoms with Gasteiger partial charge < -0.3 is 19.9 Å². The summed E-state index contributed by atoms with van der Waals surface area (Å²) < 4.78 is 10.2. The highest BCUT2D eigenvalue weighted by molar-refractivity contribution is 5.79. The van der Waals surface area contributed by atoms with Crippen molar-refractivity contribution < 1.29 is 24.2 Å². The SMILES string of the molecule is CC(C)(C)OC(=O)NCC1(C(=O)O)CCCO1. The Morgan fingerprint density at radius 2 is 2.12 bits per heavy atom. The van der Waals surface area contributed by atoms with E-state index in [9.17, 15) is 9.59 Å². The molecule has 1 unspecified atom stereocenters. The molecule has 0 saturated carbocycles. The molecule has 0 aliphatic carbocycles. The molecule has 0 spiro atoms. The number of nitrogens with one attached hydrogen (secondary N) is 1. The molecule has 1 rings (SSSR count). The average molecular weight is 245 g/mol. The van der Waals surface area contributed by atoms with Crippen molar-refractivity contribution in [2.45, 2.75) is 44.8 Å². The van der Waals surface area contributed by atoms with Crippen molar-refractivity contribution in [1.29, 1.82) is 0 Å². The average Bonchev–Trinajstić information content (AvgIpc) is 2.61. The topological polar surface area (TPSA) is 84.9 Å². The molecule has 1 aliphatic heterocycles. The van der Waals surface area contributed by atoms with Crippen LogP contribution < -0.4 is 5.32 Å². The summed E-state index contributed by atoms with van der Waals surface area (Å²) in [5, 5.41) is 11.5. The highest BCUT2D eigenvalue weighted by atomic mass is 16.6. The van der Waals surface area contributed by atoms with E-state index in [2.05, 4.69) is 5.32 Å². The van der Waals surface area contributed by atoms with Gasteiger partial charge in [-0.1, -0.05) is 0 Å². The van der Waals surface area contributed by atoms with Crippen LogP contribution in [0.15, 0.2) is 0 Å². The zero-order chi connectivity index (χ0) is 13.1. The molecule has 1 amide bonds. The van der Waals surface area contributed by atoms with Crippen LogP contribution in [0.5, 0.6) is 0 Å². The monoisotopic (exact) mass is 245 g/mol. The summed E-state index contributed by atoms with van der Waals surface area (Å²) in [5.74, 6) is -1.05. The minimum absolute atomic E-state index is 0.0722. The molecular weight excluding hydrogens is 226 g/mol. The number of carbonyl (C=O) groups excluding carboxylic acids is 1. The first-order valence-electron chi connectivity index (χ1n) is 5.59. The minimum Gasteiger partial charge on any atom is -0.479 e. The Labute approximate surface area is 100 Å². The maximum atomic E-state index is 11.4. The lowest BCUT2D eigenvalue weighted by molar-refractivity contribution is -0.159. The third-order valence-electron chi connectivity index (χ3n) is 2.41. The molecule has 1 heterocycles. The Bertz CT molecular complexity index is 301. The van der Waals surface area contributed by atoms with Gasteiger partial charge in [-0.25, -0.2) is 9.59 Å². The van der Waals surface area contributed by atoms with E-state index in [1.54, 1.807) is 20.8 Å². The Kier molecular flexibility index (Phi) is 3.98. The van der Waals surface area contributed by atoms with Crippen molar-refractivity contribution in [3.05, 3.63) is 0 Å². The van der Waals surface area contributed by atoms with Gasteiger partial charge in [-0.3, -0.25) is 0 Å². The lowest BCUT2D eigenvalue weighted by atomic mass is 10.0. The second-order valence-corrected chi connectivity index (χ2v) is 5.11. The molecule has 0 bridgehead atoms. The molecule has 0 aromatic carbocycles. The normalized spacial score (nSPS) is 24.4. The largest absolute Gasteiger partial charge is 0.479 e. The Balaban J connectivity index is 2.48. The fraction of sp³-hybridized carbons (Fsp3) is 0.818. The van der Waals surface area contributed by atoms with E-state index in [4.69, 9.17) is 14.6 Å². The van der Waals surface area contributed by atoms with E-state index in [1.165, 1.54) is 0 Å². The maximum Gasteiger partial charge on any atom is 0.407 e. The van der Waals surface area contributed by atoms with Crippen molar-refractivity contribution in [3.63, 3.8) is 0 Å². The smallest absolute Gasteiger partial charge is 0.407 e. The zero-order valence-electron chi connectivity index (χ0n) is 10.4. The van der Waals surface area contributed by atoms with Gasteiger partial charge in [0.15, 0.2) is 5.60 Å². The summed E-state index contributed by atoms with van der Waals surface area (Å²) in [6.07, 6.45) is 0.453. The maximum absolute atomic E-state index is 11.4. The molecule has 6 heteroatoms. The van der Waals surface area contributed by atoms with Gasteiger partial charge in [0.1, 0.15) is 5.60 Å². The van der Waals surface area contributed by atoms with Crippen LogP contribution >= 0.6 is 0 Å². The van der Waals surface area contributed by atoms with Gasteiger partial charge in [0.05, 0.1) is 6.54 Å². The number of hydrogen-bond donors (Lipinski definition) is 2. The van der Waals surface area contributed by atoms with Crippen LogP contribution in [0, 0.1) is 0 Å². The van der Waals surface area contributed by atoms with Gasteiger partial charge in [0.2, 0.25) is 0 Å². The third kappa shape index (κ3) is 3.89. The predicted molar refractivity (Wildman–Crippen MR) is 59.8 cm³/mol. The fourth-order valence-electron chi connectivity index (χ4n) is 1.61. The van der Waals surface area contributed by atoms with Crippen molar-refractivity contribution >= 4 is 12.1 Å². The molecule has 1 aliphatic rings. The van der Waals surface area contributed by atoms with Gasteiger partial charge in [-0.2, -0.15) is 0 Å². The number of aliphatic carboxylic acids is 1. The molecule has 1 saturated heterocycles. The molecule has 98 valence electrons. The quantitative estimate of drug-likeness (QED) is 0.779. The first kappa shape index (κ1) is 13.8. The Hall–Kier alpha value is -1.30. The lowest BCUT2D eigenvalue weighted by Crippen LogP contribution is -2.49. The molecular formula is C11H19NO5. The Morgan fingerprint density at radius 3 is 2.53 bits per heavy atom. The van der Waals surface area contributed by atoms with Gasteiger partial charge in [0, 0.05) is 6.61 Å². The van der Waals surface area contributed by atoms with E-state index < -0.39 is 23.3 Å². The van der Waals surface area contributed by atoms with E-state index >= 15 is 0 Å². The van der Waals surface area contributed by atoms with Crippen LogP contribution in [0.1, 0.15) is 33.6 Å². The third-order valence-corrected chi connectivity index (χ3v) is 2.41. The standard InChI is InChI=1S/C11H19NO5/c1-10(2,3)17-9(15)12-7-11(8(13)14)5-4-6-16-11/h4-7H2,1-3H3,(H,12,15)(H,13,14). The van der Waals surface area contributed by atoms with E-state index in [1.807, 2.05) is 0 Å². The number of carboxylic acids is 1. The summed E-state index contributed by atoms with van der Waals surface area (Å²) in [6.45, 7) is 5.56. The second-order valence-electron chi connectivity index (χ2n) is 5.11. The number of amides is 1. The van der Waals surface area contributed by atoms with Gasteiger partial charge in [-0.15, -0.1) is 0 Å². The molecule has 2 N–H and O–H groups in total. The number of alkyl carbamates (subject to hydrolysis) is 1.